The summed E-state index contributed by atoms with van der Waals surface area (Å²) < 4.78 is 0. The molecule has 0 aliphatic heterocycles. The van der Waals surface area contributed by atoms with E-state index in [1.807, 2.05) is 0 Å². The van der Waals surface area contributed by atoms with Crippen molar-refractivity contribution in [1.29, 1.82) is 5.41 Å². The molecule has 0 aromatic heterocycles. The Labute approximate surface area is 141 Å². The lowest BCUT2D eigenvalue weighted by Gasteiger charge is -2.36. The Morgan fingerprint density at radius 1 is 0.957 bits per heavy atom. The summed E-state index contributed by atoms with van der Waals surface area (Å²) in [6, 6.07) is 8.55. The van der Waals surface area contributed by atoms with Crippen molar-refractivity contribution >= 4 is 6.21 Å². The summed E-state index contributed by atoms with van der Waals surface area (Å²) in [6.07, 6.45) is 6.76. The maximum absolute atomic E-state index is 7.78. The monoisotopic (exact) mass is 307 g/mol. The van der Waals surface area contributed by atoms with Gasteiger partial charge in [0, 0.05) is 6.21 Å². The van der Waals surface area contributed by atoms with Gasteiger partial charge >= 0.3 is 0 Å². The smallest absolute Gasteiger partial charge is 0.0253 e. The van der Waals surface area contributed by atoms with Gasteiger partial charge in [-0.25, -0.2) is 0 Å². The number of hydrogen-bond donors (Lipinski definition) is 1. The second kappa shape index (κ2) is 6.47. The molecular weight excluding hydrogens is 278 g/mol. The Kier molecular flexibility index (Phi) is 4.57. The van der Waals surface area contributed by atoms with E-state index in [1.54, 1.807) is 16.7 Å². The molecule has 2 aliphatic rings. The van der Waals surface area contributed by atoms with Crippen molar-refractivity contribution in [3.05, 3.63) is 57.7 Å². The summed E-state index contributed by atoms with van der Waals surface area (Å²) in [7, 11) is 0. The van der Waals surface area contributed by atoms with Gasteiger partial charge in [0.2, 0.25) is 0 Å². The standard InChI is InChI=1S/C22H29N/c1-14-15(2)17(4)22(16(14)3)21-12-8-7-11-20(21)19-10-6-5-9-18(19)13-23/h5-6,9-10,13,16,20-21,23H,7-8,11-12H2,1-4H3. The summed E-state index contributed by atoms with van der Waals surface area (Å²) in [5.74, 6) is 1.81. The molecule has 3 rings (SSSR count). The SMILES string of the molecule is CC1=C(C)C(C)C(C2CCCCC2c2ccccc2C=N)=C1C. The maximum Gasteiger partial charge on any atom is 0.0253 e. The Morgan fingerprint density at radius 2 is 1.61 bits per heavy atom. The highest BCUT2D eigenvalue weighted by molar-refractivity contribution is 5.79. The van der Waals surface area contributed by atoms with Gasteiger partial charge in [-0.05, 0) is 73.6 Å². The van der Waals surface area contributed by atoms with Crippen LogP contribution in [0.15, 0.2) is 46.6 Å². The van der Waals surface area contributed by atoms with E-state index >= 15 is 0 Å². The predicted molar refractivity (Wildman–Crippen MR) is 99.3 cm³/mol. The molecule has 1 aromatic carbocycles. The van der Waals surface area contributed by atoms with E-state index < -0.39 is 0 Å². The first-order chi connectivity index (χ1) is 11.1. The zero-order valence-corrected chi connectivity index (χ0v) is 14.9. The quantitative estimate of drug-likeness (QED) is 0.637. The minimum Gasteiger partial charge on any atom is -0.308 e. The fourth-order valence-electron chi connectivity index (χ4n) is 4.85. The molecule has 1 aromatic rings. The van der Waals surface area contributed by atoms with Gasteiger partial charge in [-0.1, -0.05) is 55.2 Å². The molecule has 23 heavy (non-hydrogen) atoms. The molecule has 0 saturated heterocycles. The van der Waals surface area contributed by atoms with Gasteiger partial charge in [0.15, 0.2) is 0 Å². The summed E-state index contributed by atoms with van der Waals surface area (Å²) in [5, 5.41) is 7.78. The van der Waals surface area contributed by atoms with Gasteiger partial charge in [0.25, 0.3) is 0 Å². The van der Waals surface area contributed by atoms with Crippen molar-refractivity contribution in [3.8, 4) is 0 Å². The second-order valence-electron chi connectivity index (χ2n) is 7.38. The molecular formula is C22H29N. The van der Waals surface area contributed by atoms with Crippen molar-refractivity contribution in [3.63, 3.8) is 0 Å². The van der Waals surface area contributed by atoms with Crippen molar-refractivity contribution in [2.24, 2.45) is 11.8 Å². The molecule has 122 valence electrons. The van der Waals surface area contributed by atoms with Gasteiger partial charge in [0.1, 0.15) is 0 Å². The van der Waals surface area contributed by atoms with Crippen LogP contribution in [0.5, 0.6) is 0 Å². The van der Waals surface area contributed by atoms with Crippen LogP contribution in [0, 0.1) is 17.2 Å². The predicted octanol–water partition coefficient (Wildman–Crippen LogP) is 6.26. The van der Waals surface area contributed by atoms with Gasteiger partial charge in [-0.15, -0.1) is 0 Å². The average Bonchev–Trinajstić information content (AvgIpc) is 2.78. The van der Waals surface area contributed by atoms with Crippen molar-refractivity contribution in [1.82, 2.24) is 0 Å². The van der Waals surface area contributed by atoms with E-state index in [0.29, 0.717) is 17.8 Å². The third-order valence-electron chi connectivity index (χ3n) is 6.42. The Morgan fingerprint density at radius 3 is 2.22 bits per heavy atom. The number of rotatable bonds is 3. The van der Waals surface area contributed by atoms with Gasteiger partial charge in [0.05, 0.1) is 0 Å². The fraction of sp³-hybridized carbons (Fsp3) is 0.500. The zero-order chi connectivity index (χ0) is 16.6. The van der Waals surface area contributed by atoms with Crippen LogP contribution in [-0.2, 0) is 0 Å². The molecule has 1 fully saturated rings. The molecule has 1 saturated carbocycles. The molecule has 1 nitrogen and oxygen atoms in total. The van der Waals surface area contributed by atoms with E-state index in [9.17, 15) is 0 Å². The van der Waals surface area contributed by atoms with E-state index in [-0.39, 0.29) is 0 Å². The van der Waals surface area contributed by atoms with E-state index in [1.165, 1.54) is 43.0 Å². The maximum atomic E-state index is 7.78. The first kappa shape index (κ1) is 16.2. The van der Waals surface area contributed by atoms with Crippen molar-refractivity contribution in [2.75, 3.05) is 0 Å². The normalized spacial score (nSPS) is 28.4. The lowest BCUT2D eigenvalue weighted by Crippen LogP contribution is -2.23. The molecule has 0 amide bonds. The number of nitrogens with one attached hydrogen (secondary N) is 1. The first-order valence-electron chi connectivity index (χ1n) is 9.04. The number of allylic oxidation sites excluding steroid dienone is 4. The Hall–Kier alpha value is -1.63. The van der Waals surface area contributed by atoms with Gasteiger partial charge < -0.3 is 5.41 Å². The van der Waals surface area contributed by atoms with Crippen molar-refractivity contribution < 1.29 is 0 Å². The lowest BCUT2D eigenvalue weighted by atomic mass is 9.68. The van der Waals surface area contributed by atoms with Gasteiger partial charge in [-0.2, -0.15) is 0 Å². The summed E-state index contributed by atoms with van der Waals surface area (Å²) in [5.41, 5.74) is 8.79. The van der Waals surface area contributed by atoms with Crippen LogP contribution in [0.25, 0.3) is 0 Å². The van der Waals surface area contributed by atoms with E-state index in [0.717, 1.165) is 5.56 Å². The topological polar surface area (TPSA) is 23.9 Å². The van der Waals surface area contributed by atoms with Crippen LogP contribution in [0.3, 0.4) is 0 Å². The van der Waals surface area contributed by atoms with Crippen molar-refractivity contribution in [2.45, 2.75) is 59.3 Å². The molecule has 0 spiro atoms. The fourth-order valence-corrected chi connectivity index (χ4v) is 4.85. The molecule has 1 N–H and O–H groups in total. The highest BCUT2D eigenvalue weighted by Gasteiger charge is 2.36. The van der Waals surface area contributed by atoms with Crippen LogP contribution in [0.1, 0.15) is 70.4 Å². The van der Waals surface area contributed by atoms with Crippen LogP contribution < -0.4 is 0 Å². The van der Waals surface area contributed by atoms with Gasteiger partial charge in [-0.3, -0.25) is 0 Å². The largest absolute Gasteiger partial charge is 0.308 e. The molecule has 0 bridgehead atoms. The second-order valence-corrected chi connectivity index (χ2v) is 7.38. The third-order valence-corrected chi connectivity index (χ3v) is 6.42. The molecule has 3 unspecified atom stereocenters. The first-order valence-corrected chi connectivity index (χ1v) is 9.04. The Balaban J connectivity index is 2.03. The zero-order valence-electron chi connectivity index (χ0n) is 14.9. The lowest BCUT2D eigenvalue weighted by molar-refractivity contribution is 0.332. The highest BCUT2D eigenvalue weighted by atomic mass is 14.4. The molecule has 1 heteroatoms. The summed E-state index contributed by atoms with van der Waals surface area (Å²) >= 11 is 0. The highest BCUT2D eigenvalue weighted by Crippen LogP contribution is 2.50. The van der Waals surface area contributed by atoms with Crippen LogP contribution >= 0.6 is 0 Å². The molecule has 2 aliphatic carbocycles. The van der Waals surface area contributed by atoms with Crippen LogP contribution in [-0.4, -0.2) is 6.21 Å². The Bertz CT molecular complexity index is 677. The summed E-state index contributed by atoms with van der Waals surface area (Å²) in [6.45, 7) is 9.31. The molecule has 0 radical (unpaired) electrons. The number of benzene rings is 1. The van der Waals surface area contributed by atoms with E-state index in [4.69, 9.17) is 5.41 Å². The van der Waals surface area contributed by atoms with Crippen LogP contribution in [0.4, 0.5) is 0 Å². The molecule has 0 heterocycles. The van der Waals surface area contributed by atoms with E-state index in [2.05, 4.69) is 52.0 Å². The van der Waals surface area contributed by atoms with Crippen LogP contribution in [0.2, 0.25) is 0 Å². The minimum absolute atomic E-state index is 0.577. The summed E-state index contributed by atoms with van der Waals surface area (Å²) in [4.78, 5) is 0. The molecule has 3 atom stereocenters. The number of hydrogen-bond acceptors (Lipinski definition) is 1. The third kappa shape index (κ3) is 2.71. The minimum atomic E-state index is 0.577. The average molecular weight is 307 g/mol.